The summed E-state index contributed by atoms with van der Waals surface area (Å²) in [6.07, 6.45) is 0. The average molecular weight is 272 g/mol. The van der Waals surface area contributed by atoms with Crippen LogP contribution in [0.3, 0.4) is 0 Å². The second-order valence-electron chi connectivity index (χ2n) is 4.63. The molecule has 3 rings (SSSR count). The Balaban J connectivity index is 2.43. The van der Waals surface area contributed by atoms with E-state index in [1.54, 1.807) is 0 Å². The molecule has 96 valence electrons. The second-order valence-corrected chi connectivity index (χ2v) is 5.04. The number of benzene rings is 2. The maximum absolute atomic E-state index is 6.30. The fraction of sp³-hybridized carbons (Fsp3) is 0.133. The van der Waals surface area contributed by atoms with Crippen LogP contribution in [-0.2, 0) is 0 Å². The largest absolute Gasteiger partial charge is 0.369 e. The summed E-state index contributed by atoms with van der Waals surface area (Å²) >= 11 is 6.30. The lowest BCUT2D eigenvalue weighted by molar-refractivity contribution is 1.08. The quantitative estimate of drug-likeness (QED) is 0.730. The molecule has 0 saturated carbocycles. The number of nitrogen functional groups attached to an aromatic ring is 1. The maximum Gasteiger partial charge on any atom is 0.205 e. The van der Waals surface area contributed by atoms with Gasteiger partial charge in [0.15, 0.2) is 0 Å². The summed E-state index contributed by atoms with van der Waals surface area (Å²) in [7, 11) is 0. The third-order valence-corrected chi connectivity index (χ3v) is 3.78. The number of nitrogens with zero attached hydrogens (tertiary/aromatic N) is 2. The van der Waals surface area contributed by atoms with E-state index >= 15 is 0 Å². The summed E-state index contributed by atoms with van der Waals surface area (Å²) in [5.41, 5.74) is 11.1. The van der Waals surface area contributed by atoms with Gasteiger partial charge in [0.2, 0.25) is 5.95 Å². The first-order valence-electron chi connectivity index (χ1n) is 6.08. The van der Waals surface area contributed by atoms with E-state index < -0.39 is 0 Å². The summed E-state index contributed by atoms with van der Waals surface area (Å²) in [5, 5.41) is 0.655. The number of aromatic nitrogens is 2. The number of hydrogen-bond acceptors (Lipinski definition) is 2. The third-order valence-electron chi connectivity index (χ3n) is 3.47. The van der Waals surface area contributed by atoms with Gasteiger partial charge < -0.3 is 5.73 Å². The Morgan fingerprint density at radius 2 is 1.84 bits per heavy atom. The molecule has 2 N–H and O–H groups in total. The zero-order valence-corrected chi connectivity index (χ0v) is 11.6. The lowest BCUT2D eigenvalue weighted by Crippen LogP contribution is -2.03. The molecule has 0 radical (unpaired) electrons. The van der Waals surface area contributed by atoms with Crippen LogP contribution in [0.25, 0.3) is 16.7 Å². The number of aryl methyl sites for hydroxylation is 1. The van der Waals surface area contributed by atoms with Crippen LogP contribution >= 0.6 is 11.6 Å². The molecule has 0 aliphatic rings. The molecule has 0 saturated heterocycles. The Hall–Kier alpha value is -2.00. The highest BCUT2D eigenvalue weighted by Gasteiger charge is 2.14. The molecule has 0 aliphatic carbocycles. The van der Waals surface area contributed by atoms with E-state index in [4.69, 9.17) is 17.3 Å². The second kappa shape index (κ2) is 4.28. The molecular formula is C15H14ClN3. The number of anilines is 1. The highest BCUT2D eigenvalue weighted by Crippen LogP contribution is 2.30. The van der Waals surface area contributed by atoms with Gasteiger partial charge in [-0.3, -0.25) is 4.57 Å². The van der Waals surface area contributed by atoms with Gasteiger partial charge in [-0.05, 0) is 43.2 Å². The van der Waals surface area contributed by atoms with Crippen LogP contribution in [-0.4, -0.2) is 9.55 Å². The van der Waals surface area contributed by atoms with Crippen LogP contribution < -0.4 is 5.73 Å². The normalized spacial score (nSPS) is 11.1. The zero-order valence-electron chi connectivity index (χ0n) is 10.8. The molecular weight excluding hydrogens is 258 g/mol. The van der Waals surface area contributed by atoms with Gasteiger partial charge >= 0.3 is 0 Å². The maximum atomic E-state index is 6.30. The first-order valence-corrected chi connectivity index (χ1v) is 6.46. The van der Waals surface area contributed by atoms with Crippen molar-refractivity contribution in [2.45, 2.75) is 13.8 Å². The van der Waals surface area contributed by atoms with Crippen molar-refractivity contribution in [2.75, 3.05) is 5.73 Å². The van der Waals surface area contributed by atoms with Crippen LogP contribution in [0.15, 0.2) is 36.4 Å². The van der Waals surface area contributed by atoms with E-state index in [2.05, 4.69) is 24.9 Å². The Morgan fingerprint density at radius 1 is 1.11 bits per heavy atom. The van der Waals surface area contributed by atoms with E-state index in [1.807, 2.05) is 34.9 Å². The van der Waals surface area contributed by atoms with Gasteiger partial charge in [-0.15, -0.1) is 0 Å². The molecule has 3 nitrogen and oxygen atoms in total. The standard InChI is InChI=1S/C15H14ClN3/c1-9-5-3-8-13(10(9)2)19-14-11(16)6-4-7-12(14)18-15(19)17/h3-8H,1-2H3,(H2,17,18). The summed E-state index contributed by atoms with van der Waals surface area (Å²) in [6, 6.07) is 11.8. The third kappa shape index (κ3) is 1.78. The number of fused-ring (bicyclic) bond motifs is 1. The van der Waals surface area contributed by atoms with Gasteiger partial charge in [-0.25, -0.2) is 4.98 Å². The van der Waals surface area contributed by atoms with Crippen molar-refractivity contribution in [3.8, 4) is 5.69 Å². The summed E-state index contributed by atoms with van der Waals surface area (Å²) < 4.78 is 1.92. The molecule has 0 atom stereocenters. The number of imidazole rings is 1. The molecule has 1 heterocycles. The summed E-state index contributed by atoms with van der Waals surface area (Å²) in [4.78, 5) is 4.38. The lowest BCUT2D eigenvalue weighted by atomic mass is 10.1. The smallest absolute Gasteiger partial charge is 0.205 e. The molecule has 0 fully saturated rings. The highest BCUT2D eigenvalue weighted by atomic mass is 35.5. The minimum absolute atomic E-state index is 0.455. The summed E-state index contributed by atoms with van der Waals surface area (Å²) in [5.74, 6) is 0.455. The monoisotopic (exact) mass is 271 g/mol. The van der Waals surface area contributed by atoms with Gasteiger partial charge in [0, 0.05) is 0 Å². The first kappa shape index (κ1) is 12.1. The fourth-order valence-corrected chi connectivity index (χ4v) is 2.58. The van der Waals surface area contributed by atoms with E-state index in [0.717, 1.165) is 16.7 Å². The van der Waals surface area contributed by atoms with Crippen LogP contribution in [0, 0.1) is 13.8 Å². The van der Waals surface area contributed by atoms with Crippen molar-refractivity contribution in [3.63, 3.8) is 0 Å². The SMILES string of the molecule is Cc1cccc(-n2c(N)nc3cccc(Cl)c32)c1C. The summed E-state index contributed by atoms with van der Waals surface area (Å²) in [6.45, 7) is 4.16. The zero-order chi connectivity index (χ0) is 13.6. The minimum Gasteiger partial charge on any atom is -0.369 e. The lowest BCUT2D eigenvalue weighted by Gasteiger charge is -2.12. The van der Waals surface area contributed by atoms with Crippen LogP contribution in [0.4, 0.5) is 5.95 Å². The van der Waals surface area contributed by atoms with Crippen LogP contribution in [0.5, 0.6) is 0 Å². The van der Waals surface area contributed by atoms with Gasteiger partial charge in [0.05, 0.1) is 21.7 Å². The Bertz CT molecular complexity index is 774. The Labute approximate surface area is 116 Å². The molecule has 0 amide bonds. The van der Waals surface area contributed by atoms with E-state index in [1.165, 1.54) is 11.1 Å². The molecule has 1 aromatic heterocycles. The number of nitrogens with two attached hydrogens (primary N) is 1. The topological polar surface area (TPSA) is 43.8 Å². The number of hydrogen-bond donors (Lipinski definition) is 1. The number of rotatable bonds is 1. The molecule has 0 bridgehead atoms. The number of para-hydroxylation sites is 1. The first-order chi connectivity index (χ1) is 9.09. The van der Waals surface area contributed by atoms with Crippen molar-refractivity contribution in [3.05, 3.63) is 52.5 Å². The Morgan fingerprint density at radius 3 is 2.63 bits per heavy atom. The van der Waals surface area contributed by atoms with E-state index in [0.29, 0.717) is 11.0 Å². The molecule has 19 heavy (non-hydrogen) atoms. The van der Waals surface area contributed by atoms with E-state index in [9.17, 15) is 0 Å². The van der Waals surface area contributed by atoms with E-state index in [-0.39, 0.29) is 0 Å². The molecule has 4 heteroatoms. The van der Waals surface area contributed by atoms with Crippen molar-refractivity contribution in [2.24, 2.45) is 0 Å². The molecule has 0 spiro atoms. The Kier molecular flexibility index (Phi) is 2.72. The van der Waals surface area contributed by atoms with Gasteiger partial charge in [-0.1, -0.05) is 29.8 Å². The van der Waals surface area contributed by atoms with Crippen molar-refractivity contribution in [1.29, 1.82) is 0 Å². The van der Waals surface area contributed by atoms with Gasteiger partial charge in [0.1, 0.15) is 0 Å². The molecule has 0 unspecified atom stereocenters. The predicted octanol–water partition coefficient (Wildman–Crippen LogP) is 3.88. The number of halogens is 1. The minimum atomic E-state index is 0.455. The van der Waals surface area contributed by atoms with Crippen molar-refractivity contribution in [1.82, 2.24) is 9.55 Å². The highest BCUT2D eigenvalue weighted by molar-refractivity contribution is 6.35. The molecule has 0 aliphatic heterocycles. The van der Waals surface area contributed by atoms with Gasteiger partial charge in [-0.2, -0.15) is 0 Å². The predicted molar refractivity (Wildman–Crippen MR) is 80.0 cm³/mol. The van der Waals surface area contributed by atoms with Crippen LogP contribution in [0.2, 0.25) is 5.02 Å². The fourth-order valence-electron chi connectivity index (χ4n) is 2.33. The van der Waals surface area contributed by atoms with Crippen molar-refractivity contribution >= 4 is 28.6 Å². The molecule has 3 aromatic rings. The van der Waals surface area contributed by atoms with Gasteiger partial charge in [0.25, 0.3) is 0 Å². The van der Waals surface area contributed by atoms with Crippen molar-refractivity contribution < 1.29 is 0 Å². The van der Waals surface area contributed by atoms with Crippen LogP contribution in [0.1, 0.15) is 11.1 Å². The molecule has 2 aromatic carbocycles. The average Bonchev–Trinajstić information content (AvgIpc) is 2.71.